The maximum atomic E-state index is 12.5. The van der Waals surface area contributed by atoms with Crippen LogP contribution >= 0.6 is 23.2 Å². The van der Waals surface area contributed by atoms with E-state index in [2.05, 4.69) is 10.3 Å². The standard InChI is InChI=1S/C20H25Cl2N3O2/c1-20(2,3)25-19(27)14-5-4-8-24-17(14)11-18(26)16(23)10-12-9-13(21)6-7-15(12)22/h4-9,16,18,26H,10-11,23H2,1-3H3,(H,25,27). The van der Waals surface area contributed by atoms with Gasteiger partial charge in [-0.15, -0.1) is 0 Å². The molecule has 1 aromatic carbocycles. The van der Waals surface area contributed by atoms with Crippen LogP contribution in [0.4, 0.5) is 0 Å². The fourth-order valence-corrected chi connectivity index (χ4v) is 3.04. The molecule has 1 amide bonds. The topological polar surface area (TPSA) is 88.2 Å². The first-order valence-corrected chi connectivity index (χ1v) is 9.46. The normalized spacial score (nSPS) is 13.9. The number of carbonyl (C=O) groups is 1. The van der Waals surface area contributed by atoms with E-state index in [4.69, 9.17) is 28.9 Å². The van der Waals surface area contributed by atoms with Gasteiger partial charge in [0.25, 0.3) is 5.91 Å². The molecule has 7 heteroatoms. The summed E-state index contributed by atoms with van der Waals surface area (Å²) in [6, 6.07) is 7.94. The summed E-state index contributed by atoms with van der Waals surface area (Å²) in [5, 5.41) is 14.6. The first-order valence-electron chi connectivity index (χ1n) is 8.71. The number of pyridine rings is 1. The van der Waals surface area contributed by atoms with Crippen LogP contribution in [0.15, 0.2) is 36.5 Å². The highest BCUT2D eigenvalue weighted by Gasteiger charge is 2.23. The Kier molecular flexibility index (Phi) is 7.23. The summed E-state index contributed by atoms with van der Waals surface area (Å²) >= 11 is 12.2. The van der Waals surface area contributed by atoms with Crippen LogP contribution in [0, 0.1) is 0 Å². The lowest BCUT2D eigenvalue weighted by molar-refractivity contribution is 0.0916. The lowest BCUT2D eigenvalue weighted by atomic mass is 9.97. The number of nitrogens with one attached hydrogen (secondary N) is 1. The van der Waals surface area contributed by atoms with Gasteiger partial charge in [0.05, 0.1) is 17.4 Å². The van der Waals surface area contributed by atoms with Crippen LogP contribution in [0.5, 0.6) is 0 Å². The molecule has 5 nitrogen and oxygen atoms in total. The number of hydrogen-bond acceptors (Lipinski definition) is 4. The minimum Gasteiger partial charge on any atom is -0.391 e. The second-order valence-electron chi connectivity index (χ2n) is 7.58. The highest BCUT2D eigenvalue weighted by molar-refractivity contribution is 6.33. The molecule has 0 spiro atoms. The summed E-state index contributed by atoms with van der Waals surface area (Å²) in [6.07, 6.45) is 1.22. The first-order chi connectivity index (χ1) is 12.6. The Bertz CT molecular complexity index is 806. The minimum absolute atomic E-state index is 0.160. The molecule has 2 unspecified atom stereocenters. The number of aromatic nitrogens is 1. The lowest BCUT2D eigenvalue weighted by Crippen LogP contribution is -2.42. The Balaban J connectivity index is 2.12. The maximum absolute atomic E-state index is 12.5. The highest BCUT2D eigenvalue weighted by atomic mass is 35.5. The van der Waals surface area contributed by atoms with Gasteiger partial charge in [-0.25, -0.2) is 0 Å². The zero-order valence-electron chi connectivity index (χ0n) is 15.7. The van der Waals surface area contributed by atoms with Crippen molar-refractivity contribution in [2.24, 2.45) is 5.73 Å². The van der Waals surface area contributed by atoms with Gasteiger partial charge in [-0.1, -0.05) is 23.2 Å². The van der Waals surface area contributed by atoms with Crippen molar-refractivity contribution >= 4 is 29.1 Å². The summed E-state index contributed by atoms with van der Waals surface area (Å²) in [4.78, 5) is 16.8. The van der Waals surface area contributed by atoms with Crippen molar-refractivity contribution in [2.45, 2.75) is 51.3 Å². The number of hydrogen-bond donors (Lipinski definition) is 3. The van der Waals surface area contributed by atoms with Crippen molar-refractivity contribution < 1.29 is 9.90 Å². The van der Waals surface area contributed by atoms with Crippen LogP contribution in [-0.4, -0.2) is 33.7 Å². The van der Waals surface area contributed by atoms with Crippen LogP contribution < -0.4 is 11.1 Å². The minimum atomic E-state index is -0.892. The van der Waals surface area contributed by atoms with E-state index in [9.17, 15) is 9.90 Å². The van der Waals surface area contributed by atoms with E-state index < -0.39 is 12.1 Å². The summed E-state index contributed by atoms with van der Waals surface area (Å²) < 4.78 is 0. The quantitative estimate of drug-likeness (QED) is 0.681. The Labute approximate surface area is 169 Å². The largest absolute Gasteiger partial charge is 0.391 e. The fourth-order valence-electron chi connectivity index (χ4n) is 2.65. The molecule has 1 heterocycles. The summed E-state index contributed by atoms with van der Waals surface area (Å²) in [5.74, 6) is -0.232. The molecule has 0 saturated heterocycles. The van der Waals surface area contributed by atoms with E-state index in [1.165, 1.54) is 0 Å². The summed E-state index contributed by atoms with van der Waals surface area (Å²) in [5.41, 5.74) is 7.49. The number of halogens is 2. The van der Waals surface area contributed by atoms with Crippen LogP contribution in [0.1, 0.15) is 42.4 Å². The molecule has 1 aromatic heterocycles. The van der Waals surface area contributed by atoms with Crippen molar-refractivity contribution in [1.29, 1.82) is 0 Å². The number of benzene rings is 1. The number of aliphatic hydroxyl groups excluding tert-OH is 1. The molecule has 0 aliphatic rings. The average Bonchev–Trinajstić information content (AvgIpc) is 2.57. The first kappa shape index (κ1) is 21.6. The number of aliphatic hydroxyl groups is 1. The number of amides is 1. The Morgan fingerprint density at radius 2 is 1.96 bits per heavy atom. The maximum Gasteiger partial charge on any atom is 0.253 e. The van der Waals surface area contributed by atoms with Gasteiger partial charge in [-0.3, -0.25) is 9.78 Å². The SMILES string of the molecule is CC(C)(C)NC(=O)c1cccnc1CC(O)C(N)Cc1cc(Cl)ccc1Cl. The van der Waals surface area contributed by atoms with E-state index in [0.29, 0.717) is 27.7 Å². The van der Waals surface area contributed by atoms with Crippen LogP contribution in [-0.2, 0) is 12.8 Å². The van der Waals surface area contributed by atoms with Gasteiger partial charge in [-0.2, -0.15) is 0 Å². The molecule has 0 bridgehead atoms. The van der Waals surface area contributed by atoms with E-state index >= 15 is 0 Å². The predicted octanol–water partition coefficient (Wildman–Crippen LogP) is 3.39. The second-order valence-corrected chi connectivity index (χ2v) is 8.42. The lowest BCUT2D eigenvalue weighted by Gasteiger charge is -2.23. The van der Waals surface area contributed by atoms with E-state index in [-0.39, 0.29) is 17.9 Å². The third-order valence-corrected chi connectivity index (χ3v) is 4.59. The molecule has 2 aromatic rings. The van der Waals surface area contributed by atoms with Gasteiger partial charge in [0.2, 0.25) is 0 Å². The van der Waals surface area contributed by atoms with Gasteiger partial charge in [0, 0.05) is 34.2 Å². The molecule has 27 heavy (non-hydrogen) atoms. The number of carbonyl (C=O) groups excluding carboxylic acids is 1. The third kappa shape index (κ3) is 6.47. The summed E-state index contributed by atoms with van der Waals surface area (Å²) in [7, 11) is 0. The van der Waals surface area contributed by atoms with Crippen molar-refractivity contribution in [1.82, 2.24) is 10.3 Å². The van der Waals surface area contributed by atoms with Crippen molar-refractivity contribution in [3.63, 3.8) is 0 Å². The van der Waals surface area contributed by atoms with Gasteiger partial charge in [0.1, 0.15) is 0 Å². The molecule has 4 N–H and O–H groups in total. The third-order valence-electron chi connectivity index (χ3n) is 3.98. The van der Waals surface area contributed by atoms with E-state index in [0.717, 1.165) is 5.56 Å². The highest BCUT2D eigenvalue weighted by Crippen LogP contribution is 2.22. The molecule has 0 fully saturated rings. The van der Waals surface area contributed by atoms with Crippen molar-refractivity contribution in [3.8, 4) is 0 Å². The Morgan fingerprint density at radius 1 is 1.26 bits per heavy atom. The summed E-state index contributed by atoms with van der Waals surface area (Å²) in [6.45, 7) is 5.71. The van der Waals surface area contributed by atoms with Crippen molar-refractivity contribution in [2.75, 3.05) is 0 Å². The fraction of sp³-hybridized carbons (Fsp3) is 0.400. The van der Waals surface area contributed by atoms with Gasteiger partial charge in [-0.05, 0) is 63.1 Å². The van der Waals surface area contributed by atoms with Crippen molar-refractivity contribution in [3.05, 3.63) is 63.4 Å². The van der Waals surface area contributed by atoms with E-state index in [1.54, 1.807) is 36.5 Å². The Morgan fingerprint density at radius 3 is 2.63 bits per heavy atom. The van der Waals surface area contributed by atoms with E-state index in [1.807, 2.05) is 20.8 Å². The molecule has 0 saturated carbocycles. The molecule has 2 rings (SSSR count). The van der Waals surface area contributed by atoms with Crippen LogP contribution in [0.2, 0.25) is 10.0 Å². The van der Waals surface area contributed by atoms with Crippen LogP contribution in [0.3, 0.4) is 0 Å². The predicted molar refractivity (Wildman–Crippen MR) is 109 cm³/mol. The van der Waals surface area contributed by atoms with Crippen LogP contribution in [0.25, 0.3) is 0 Å². The second kappa shape index (κ2) is 9.02. The molecule has 146 valence electrons. The molecule has 2 atom stereocenters. The molecular weight excluding hydrogens is 385 g/mol. The number of rotatable bonds is 6. The van der Waals surface area contributed by atoms with Gasteiger partial charge in [0.15, 0.2) is 0 Å². The zero-order valence-corrected chi connectivity index (χ0v) is 17.2. The number of nitrogens with two attached hydrogens (primary N) is 1. The molecule has 0 aliphatic heterocycles. The average molecular weight is 410 g/mol. The van der Waals surface area contributed by atoms with Gasteiger partial charge < -0.3 is 16.2 Å². The molecular formula is C20H25Cl2N3O2. The van der Waals surface area contributed by atoms with Gasteiger partial charge >= 0.3 is 0 Å². The monoisotopic (exact) mass is 409 g/mol. The zero-order chi connectivity index (χ0) is 20.2. The smallest absolute Gasteiger partial charge is 0.253 e. The molecule has 0 aliphatic carbocycles. The Hall–Kier alpha value is -1.66. The number of nitrogens with zero attached hydrogens (tertiary/aromatic N) is 1. The molecule has 0 radical (unpaired) electrons.